The summed E-state index contributed by atoms with van der Waals surface area (Å²) in [4.78, 5) is 29.5. The van der Waals surface area contributed by atoms with Gasteiger partial charge in [0.05, 0.1) is 41.7 Å². The first-order valence-corrected chi connectivity index (χ1v) is 8.25. The number of carbonyl (C=O) groups excluding carboxylic acids is 2. The van der Waals surface area contributed by atoms with Crippen LogP contribution in [0.1, 0.15) is 35.0 Å². The lowest BCUT2D eigenvalue weighted by atomic mass is 10.1. The van der Waals surface area contributed by atoms with Crippen molar-refractivity contribution in [2.75, 3.05) is 26.0 Å². The zero-order valence-electron chi connectivity index (χ0n) is 13.8. The Kier molecular flexibility index (Phi) is 7.73. The standard InChI is InChI=1S/C16H18N4O3S/c1-4-23-16(22)13-8-12(9-18)15(19-11(13)2)24-10-14(21)20(3)7-5-6-17/h8H,4-5,7,10H2,1-3H3. The van der Waals surface area contributed by atoms with Crippen LogP contribution in [0.15, 0.2) is 11.1 Å². The smallest absolute Gasteiger partial charge is 0.340 e. The van der Waals surface area contributed by atoms with Gasteiger partial charge in [-0.05, 0) is 19.9 Å². The second-order valence-electron chi connectivity index (χ2n) is 4.82. The average Bonchev–Trinajstić information content (AvgIpc) is 2.57. The molecule has 0 saturated heterocycles. The highest BCUT2D eigenvalue weighted by atomic mass is 32.2. The fourth-order valence-electron chi connectivity index (χ4n) is 1.77. The molecule has 126 valence electrons. The Bertz CT molecular complexity index is 706. The lowest BCUT2D eigenvalue weighted by molar-refractivity contribution is -0.127. The number of ether oxygens (including phenoxy) is 1. The minimum atomic E-state index is -0.525. The first-order chi connectivity index (χ1) is 11.4. The van der Waals surface area contributed by atoms with E-state index < -0.39 is 5.97 Å². The Morgan fingerprint density at radius 1 is 1.42 bits per heavy atom. The molecule has 1 rings (SSSR count). The van der Waals surface area contributed by atoms with Crippen molar-refractivity contribution in [1.29, 1.82) is 10.5 Å². The van der Waals surface area contributed by atoms with Crippen LogP contribution in [0.3, 0.4) is 0 Å². The van der Waals surface area contributed by atoms with Gasteiger partial charge in [0, 0.05) is 13.6 Å². The van der Waals surface area contributed by atoms with E-state index in [1.807, 2.05) is 12.1 Å². The monoisotopic (exact) mass is 346 g/mol. The molecule has 1 amide bonds. The molecule has 0 atom stereocenters. The number of carbonyl (C=O) groups is 2. The van der Waals surface area contributed by atoms with Crippen molar-refractivity contribution < 1.29 is 14.3 Å². The predicted molar refractivity (Wildman–Crippen MR) is 88.2 cm³/mol. The highest BCUT2D eigenvalue weighted by Gasteiger charge is 2.17. The molecule has 0 fully saturated rings. The van der Waals surface area contributed by atoms with Crippen LogP contribution in [0, 0.1) is 29.6 Å². The third-order valence-corrected chi connectivity index (χ3v) is 4.09. The molecular weight excluding hydrogens is 328 g/mol. The van der Waals surface area contributed by atoms with Gasteiger partial charge in [-0.15, -0.1) is 0 Å². The normalized spacial score (nSPS) is 9.71. The predicted octanol–water partition coefficient (Wildman–Crippen LogP) is 1.90. The molecule has 1 aromatic rings. The van der Waals surface area contributed by atoms with Crippen LogP contribution in [-0.2, 0) is 9.53 Å². The van der Waals surface area contributed by atoms with E-state index in [1.54, 1.807) is 20.9 Å². The Morgan fingerprint density at radius 3 is 2.71 bits per heavy atom. The molecule has 24 heavy (non-hydrogen) atoms. The summed E-state index contributed by atoms with van der Waals surface area (Å²) in [5.74, 6) is -0.585. The number of thioether (sulfide) groups is 1. The van der Waals surface area contributed by atoms with Crippen molar-refractivity contribution in [2.45, 2.75) is 25.3 Å². The number of aromatic nitrogens is 1. The molecule has 0 unspecified atom stereocenters. The van der Waals surface area contributed by atoms with E-state index in [9.17, 15) is 14.9 Å². The van der Waals surface area contributed by atoms with Crippen LogP contribution in [0.25, 0.3) is 0 Å². The lowest BCUT2D eigenvalue weighted by Crippen LogP contribution is -2.29. The number of nitriles is 2. The van der Waals surface area contributed by atoms with Crippen molar-refractivity contribution in [2.24, 2.45) is 0 Å². The summed E-state index contributed by atoms with van der Waals surface area (Å²) in [6.07, 6.45) is 0.266. The Hall–Kier alpha value is -2.58. The zero-order valence-corrected chi connectivity index (χ0v) is 14.6. The third-order valence-electron chi connectivity index (χ3n) is 3.11. The van der Waals surface area contributed by atoms with Gasteiger partial charge in [0.25, 0.3) is 0 Å². The van der Waals surface area contributed by atoms with Crippen molar-refractivity contribution in [3.05, 3.63) is 22.9 Å². The van der Waals surface area contributed by atoms with Crippen LogP contribution in [0.4, 0.5) is 0 Å². The second-order valence-corrected chi connectivity index (χ2v) is 5.78. The van der Waals surface area contributed by atoms with Gasteiger partial charge in [-0.1, -0.05) is 11.8 Å². The molecule has 0 saturated carbocycles. The average molecular weight is 346 g/mol. The number of hydrogen-bond acceptors (Lipinski definition) is 7. The fourth-order valence-corrected chi connectivity index (χ4v) is 2.71. The minimum absolute atomic E-state index is 0.0990. The number of amides is 1. The number of rotatable bonds is 7. The van der Waals surface area contributed by atoms with Crippen LogP contribution in [-0.4, -0.2) is 47.7 Å². The maximum Gasteiger partial charge on any atom is 0.340 e. The molecule has 0 aromatic carbocycles. The topological polar surface area (TPSA) is 107 Å². The number of aryl methyl sites for hydroxylation is 1. The van der Waals surface area contributed by atoms with Gasteiger partial charge in [0.2, 0.25) is 5.91 Å². The largest absolute Gasteiger partial charge is 0.462 e. The maximum absolute atomic E-state index is 12.0. The molecule has 0 aliphatic rings. The quantitative estimate of drug-likeness (QED) is 0.548. The van der Waals surface area contributed by atoms with E-state index in [-0.39, 0.29) is 35.8 Å². The molecule has 8 heteroatoms. The number of hydrogen-bond donors (Lipinski definition) is 0. The molecule has 0 bridgehead atoms. The Balaban J connectivity index is 2.88. The van der Waals surface area contributed by atoms with Crippen LogP contribution < -0.4 is 0 Å². The van der Waals surface area contributed by atoms with Crippen LogP contribution in [0.5, 0.6) is 0 Å². The van der Waals surface area contributed by atoms with E-state index in [4.69, 9.17) is 10.00 Å². The van der Waals surface area contributed by atoms with Crippen LogP contribution >= 0.6 is 11.8 Å². The molecule has 0 spiro atoms. The van der Waals surface area contributed by atoms with E-state index in [0.717, 1.165) is 11.8 Å². The number of pyridine rings is 1. The van der Waals surface area contributed by atoms with E-state index in [1.165, 1.54) is 11.0 Å². The SMILES string of the molecule is CCOC(=O)c1cc(C#N)c(SCC(=O)N(C)CCC#N)nc1C. The second kappa shape index (κ2) is 9.53. The molecule has 0 N–H and O–H groups in total. The van der Waals surface area contributed by atoms with E-state index >= 15 is 0 Å². The van der Waals surface area contributed by atoms with Crippen molar-refractivity contribution in [3.63, 3.8) is 0 Å². The molecule has 1 aromatic heterocycles. The zero-order chi connectivity index (χ0) is 18.1. The summed E-state index contributed by atoms with van der Waals surface area (Å²) in [5, 5.41) is 18.2. The summed E-state index contributed by atoms with van der Waals surface area (Å²) in [6.45, 7) is 3.94. The fraction of sp³-hybridized carbons (Fsp3) is 0.438. The molecular formula is C16H18N4O3S. The third kappa shape index (κ3) is 5.25. The van der Waals surface area contributed by atoms with Gasteiger partial charge < -0.3 is 9.64 Å². The van der Waals surface area contributed by atoms with Crippen LogP contribution in [0.2, 0.25) is 0 Å². The summed E-state index contributed by atoms with van der Waals surface area (Å²) in [7, 11) is 1.62. The molecule has 0 radical (unpaired) electrons. The van der Waals surface area contributed by atoms with Gasteiger partial charge in [0.15, 0.2) is 0 Å². The molecule has 1 heterocycles. The van der Waals surface area contributed by atoms with Gasteiger partial charge >= 0.3 is 5.97 Å². The summed E-state index contributed by atoms with van der Waals surface area (Å²) < 4.78 is 4.93. The Morgan fingerprint density at radius 2 is 2.12 bits per heavy atom. The molecule has 0 aliphatic carbocycles. The first kappa shape index (κ1) is 19.5. The van der Waals surface area contributed by atoms with Crippen molar-refractivity contribution in [1.82, 2.24) is 9.88 Å². The summed E-state index contributed by atoms with van der Waals surface area (Å²) in [6, 6.07) is 5.41. The molecule has 0 aliphatic heterocycles. The first-order valence-electron chi connectivity index (χ1n) is 7.27. The lowest BCUT2D eigenvalue weighted by Gasteiger charge is -2.15. The maximum atomic E-state index is 12.0. The highest BCUT2D eigenvalue weighted by Crippen LogP contribution is 2.23. The number of esters is 1. The van der Waals surface area contributed by atoms with Crippen molar-refractivity contribution in [3.8, 4) is 12.1 Å². The Labute approximate surface area is 145 Å². The van der Waals surface area contributed by atoms with E-state index in [0.29, 0.717) is 17.3 Å². The summed E-state index contributed by atoms with van der Waals surface area (Å²) >= 11 is 1.13. The number of nitrogens with zero attached hydrogens (tertiary/aromatic N) is 4. The van der Waals surface area contributed by atoms with E-state index in [2.05, 4.69) is 4.98 Å². The molecule has 7 nitrogen and oxygen atoms in total. The van der Waals surface area contributed by atoms with Gasteiger partial charge in [-0.25, -0.2) is 9.78 Å². The minimum Gasteiger partial charge on any atom is -0.462 e. The van der Waals surface area contributed by atoms with Crippen molar-refractivity contribution >= 4 is 23.6 Å². The van der Waals surface area contributed by atoms with Gasteiger partial charge in [0.1, 0.15) is 11.1 Å². The summed E-state index contributed by atoms with van der Waals surface area (Å²) in [5.41, 5.74) is 0.913. The van der Waals surface area contributed by atoms with Gasteiger partial charge in [-0.3, -0.25) is 4.79 Å². The van der Waals surface area contributed by atoms with Gasteiger partial charge in [-0.2, -0.15) is 10.5 Å². The highest BCUT2D eigenvalue weighted by molar-refractivity contribution is 7.99.